The predicted molar refractivity (Wildman–Crippen MR) is 146 cm³/mol. The minimum Gasteiger partial charge on any atom is -0.390 e. The van der Waals surface area contributed by atoms with E-state index >= 15 is 4.39 Å². The topological polar surface area (TPSA) is 37.3 Å². The van der Waals surface area contributed by atoms with Crippen molar-refractivity contribution in [3.05, 3.63) is 84.5 Å². The molecule has 5 heteroatoms. The van der Waals surface area contributed by atoms with Crippen LogP contribution in [0.25, 0.3) is 0 Å². The highest BCUT2D eigenvalue weighted by Crippen LogP contribution is 2.75. The molecule has 2 nitrogen and oxygen atoms in total. The van der Waals surface area contributed by atoms with Crippen LogP contribution in [0.2, 0.25) is 0 Å². The Morgan fingerprint density at radius 3 is 2.14 bits per heavy atom. The van der Waals surface area contributed by atoms with Crippen molar-refractivity contribution in [2.75, 3.05) is 0 Å². The quantitative estimate of drug-likeness (QED) is 0.421. The van der Waals surface area contributed by atoms with Crippen LogP contribution in [0.5, 0.6) is 0 Å². The van der Waals surface area contributed by atoms with Crippen LogP contribution in [-0.2, 0) is 4.79 Å². The Morgan fingerprint density at radius 2 is 1.53 bits per heavy atom. The minimum absolute atomic E-state index is 0.0712. The third-order valence-electron chi connectivity index (χ3n) is 9.74. The number of thioether (sulfide) groups is 2. The van der Waals surface area contributed by atoms with Crippen LogP contribution in [0.15, 0.2) is 94.3 Å². The maximum atomic E-state index is 17.5. The van der Waals surface area contributed by atoms with E-state index in [1.54, 1.807) is 12.2 Å². The highest BCUT2D eigenvalue weighted by Gasteiger charge is 2.73. The number of carbonyl (C=O) groups is 1. The summed E-state index contributed by atoms with van der Waals surface area (Å²) in [4.78, 5) is 14.5. The molecular weight excluding hydrogens is 487 g/mol. The Balaban J connectivity index is 1.44. The van der Waals surface area contributed by atoms with Gasteiger partial charge >= 0.3 is 0 Å². The molecule has 0 saturated heterocycles. The van der Waals surface area contributed by atoms with E-state index in [2.05, 4.69) is 55.5 Å². The molecule has 6 rings (SSSR count). The van der Waals surface area contributed by atoms with E-state index in [0.29, 0.717) is 19.3 Å². The van der Waals surface area contributed by atoms with Crippen molar-refractivity contribution in [2.24, 2.45) is 22.7 Å². The lowest BCUT2D eigenvalue weighted by Gasteiger charge is -2.63. The molecule has 3 saturated carbocycles. The van der Waals surface area contributed by atoms with Gasteiger partial charge in [-0.1, -0.05) is 55.0 Å². The van der Waals surface area contributed by atoms with Crippen molar-refractivity contribution >= 4 is 29.3 Å². The maximum absolute atomic E-state index is 17.5. The Hall–Kier alpha value is -1.82. The van der Waals surface area contributed by atoms with Gasteiger partial charge in [0.25, 0.3) is 0 Å². The number of halogens is 1. The third kappa shape index (κ3) is 3.38. The molecule has 4 aliphatic carbocycles. The van der Waals surface area contributed by atoms with Crippen LogP contribution in [0, 0.1) is 22.7 Å². The molecule has 3 fully saturated rings. The van der Waals surface area contributed by atoms with E-state index in [-0.39, 0.29) is 27.1 Å². The van der Waals surface area contributed by atoms with Gasteiger partial charge < -0.3 is 5.11 Å². The summed E-state index contributed by atoms with van der Waals surface area (Å²) < 4.78 is 17.3. The number of fused-ring (bicyclic) bond motifs is 5. The van der Waals surface area contributed by atoms with Gasteiger partial charge in [0.15, 0.2) is 11.5 Å². The van der Waals surface area contributed by atoms with Crippen LogP contribution in [0.4, 0.5) is 4.39 Å². The molecular formula is C31H33FO2S2. The van der Waals surface area contributed by atoms with E-state index in [4.69, 9.17) is 0 Å². The largest absolute Gasteiger partial charge is 0.390 e. The summed E-state index contributed by atoms with van der Waals surface area (Å²) in [5.41, 5.74) is -2.13. The molecule has 4 aliphatic rings. The van der Waals surface area contributed by atoms with Gasteiger partial charge in [0.05, 0.1) is 10.2 Å². The number of hydrogen-bond donors (Lipinski definition) is 1. The van der Waals surface area contributed by atoms with E-state index in [1.807, 2.05) is 42.6 Å². The molecule has 1 N–H and O–H groups in total. The van der Waals surface area contributed by atoms with E-state index in [1.165, 1.54) is 15.9 Å². The first-order chi connectivity index (χ1) is 17.2. The number of aliphatic hydroxyl groups excluding tert-OH is 1. The van der Waals surface area contributed by atoms with Crippen molar-refractivity contribution < 1.29 is 14.3 Å². The summed E-state index contributed by atoms with van der Waals surface area (Å²) in [7, 11) is 0. The molecule has 0 aliphatic heterocycles. The number of benzene rings is 2. The maximum Gasteiger partial charge on any atom is 0.178 e. The monoisotopic (exact) mass is 520 g/mol. The number of hydrogen-bond acceptors (Lipinski definition) is 4. The molecule has 0 aromatic heterocycles. The molecule has 0 bridgehead atoms. The Morgan fingerprint density at radius 1 is 0.917 bits per heavy atom. The number of rotatable bonds is 4. The highest BCUT2D eigenvalue weighted by molar-refractivity contribution is 8.18. The van der Waals surface area contributed by atoms with E-state index in [9.17, 15) is 9.90 Å². The lowest BCUT2D eigenvalue weighted by molar-refractivity contribution is -0.189. The summed E-state index contributed by atoms with van der Waals surface area (Å²) in [6.07, 6.45) is 7.48. The molecule has 6 atom stereocenters. The Labute approximate surface area is 221 Å². The number of allylic oxidation sites excluding steroid dienone is 4. The Kier molecular flexibility index (Phi) is 5.86. The first kappa shape index (κ1) is 24.5. The molecule has 188 valence electrons. The fraction of sp³-hybridized carbons (Fsp3) is 0.452. The van der Waals surface area contributed by atoms with Gasteiger partial charge in [0.1, 0.15) is 0 Å². The lowest BCUT2D eigenvalue weighted by Crippen LogP contribution is -2.67. The van der Waals surface area contributed by atoms with Crippen molar-refractivity contribution in [1.82, 2.24) is 0 Å². The second-order valence-corrected chi connectivity index (χ2v) is 14.4. The zero-order chi connectivity index (χ0) is 25.2. The Bertz CT molecular complexity index is 1190. The second kappa shape index (κ2) is 8.61. The van der Waals surface area contributed by atoms with Gasteiger partial charge in [-0.05, 0) is 86.8 Å². The van der Waals surface area contributed by atoms with Gasteiger partial charge in [-0.15, -0.1) is 23.5 Å². The lowest BCUT2D eigenvalue weighted by atomic mass is 9.46. The zero-order valence-corrected chi connectivity index (χ0v) is 22.5. The number of alkyl halides is 1. The average Bonchev–Trinajstić information content (AvgIpc) is 3.13. The van der Waals surface area contributed by atoms with Gasteiger partial charge in [0, 0.05) is 21.1 Å². The molecule has 0 spiro atoms. The van der Waals surface area contributed by atoms with Crippen LogP contribution < -0.4 is 0 Å². The highest BCUT2D eigenvalue weighted by atomic mass is 32.2. The van der Waals surface area contributed by atoms with Crippen molar-refractivity contribution in [3.63, 3.8) is 0 Å². The average molecular weight is 521 g/mol. The normalized spacial score (nSPS) is 38.6. The summed E-state index contributed by atoms with van der Waals surface area (Å²) in [5, 5.41) is 11.8. The summed E-state index contributed by atoms with van der Waals surface area (Å²) in [6, 6.07) is 21.0. The molecule has 2 aromatic carbocycles. The van der Waals surface area contributed by atoms with Crippen molar-refractivity contribution in [1.29, 1.82) is 0 Å². The number of aliphatic hydroxyl groups is 1. The van der Waals surface area contributed by atoms with Crippen LogP contribution in [0.3, 0.4) is 0 Å². The van der Waals surface area contributed by atoms with Gasteiger partial charge in [-0.25, -0.2) is 4.39 Å². The van der Waals surface area contributed by atoms with E-state index < -0.39 is 17.2 Å². The molecule has 0 heterocycles. The van der Waals surface area contributed by atoms with Crippen LogP contribution >= 0.6 is 23.5 Å². The molecule has 0 radical (unpaired) electrons. The van der Waals surface area contributed by atoms with Gasteiger partial charge in [0.2, 0.25) is 0 Å². The number of ketones is 1. The number of carbonyl (C=O) groups excluding carboxylic acids is 1. The standard InChI is InChI=1S/C31H33FO2S2/c1-28-17-15-22(33)19-21(28)13-14-26-25-16-18-30(35-23-9-5-3-6-10-23,36-24-11-7-4-8-12-24)29(25,2)20-27(34)31(26,28)32/h3-12,15,17,19,25-27,34H,13-14,16,18,20H2,1-2H3/t25-,26-,27-,28-,29-,31-/m0/s1. The first-order valence-electron chi connectivity index (χ1n) is 13.0. The van der Waals surface area contributed by atoms with Crippen molar-refractivity contribution in [3.8, 4) is 0 Å². The fourth-order valence-corrected chi connectivity index (χ4v) is 11.3. The second-order valence-electron chi connectivity index (χ2n) is 11.4. The predicted octanol–water partition coefficient (Wildman–Crippen LogP) is 7.64. The third-order valence-corrected chi connectivity index (χ3v) is 13.3. The first-order valence-corrected chi connectivity index (χ1v) is 14.6. The summed E-state index contributed by atoms with van der Waals surface area (Å²) in [5.74, 6) is -0.165. The zero-order valence-electron chi connectivity index (χ0n) is 20.8. The fourth-order valence-electron chi connectivity index (χ4n) is 7.87. The smallest absolute Gasteiger partial charge is 0.178 e. The molecule has 2 aromatic rings. The summed E-state index contributed by atoms with van der Waals surface area (Å²) >= 11 is 3.80. The summed E-state index contributed by atoms with van der Waals surface area (Å²) in [6.45, 7) is 4.22. The van der Waals surface area contributed by atoms with Gasteiger partial charge in [-0.2, -0.15) is 0 Å². The van der Waals surface area contributed by atoms with Crippen LogP contribution in [-0.4, -0.2) is 26.7 Å². The minimum atomic E-state index is -1.77. The SMILES string of the molecule is C[C@]12C[C@H](O)[C@@]3(F)[C@@H](CCC4=CC(=O)C=C[C@@]43C)[C@@H]1CCC2(Sc1ccccc1)Sc1ccccc1. The molecule has 36 heavy (non-hydrogen) atoms. The molecule has 0 amide bonds. The van der Waals surface area contributed by atoms with Crippen LogP contribution in [0.1, 0.15) is 46.0 Å². The molecule has 0 unspecified atom stereocenters. The van der Waals surface area contributed by atoms with Gasteiger partial charge in [-0.3, -0.25) is 4.79 Å². The van der Waals surface area contributed by atoms with E-state index in [0.717, 1.165) is 18.4 Å². The van der Waals surface area contributed by atoms with Crippen molar-refractivity contribution in [2.45, 2.75) is 71.6 Å².